The summed E-state index contributed by atoms with van der Waals surface area (Å²) in [5, 5.41) is 0. The van der Waals surface area contributed by atoms with Gasteiger partial charge in [-0.05, 0) is 12.2 Å². The highest BCUT2D eigenvalue weighted by atomic mass is 15.4. The van der Waals surface area contributed by atoms with Gasteiger partial charge in [0.2, 0.25) is 0 Å². The SMILES string of the molecule is C[N+]1(C)C=CC=CC1N. The lowest BCUT2D eigenvalue weighted by Crippen LogP contribution is -2.49. The second-order valence-corrected chi connectivity index (χ2v) is 2.85. The first kappa shape index (κ1) is 6.52. The van der Waals surface area contributed by atoms with E-state index in [-0.39, 0.29) is 6.17 Å². The topological polar surface area (TPSA) is 26.0 Å². The molecule has 0 spiro atoms. The maximum Gasteiger partial charge on any atom is 0.163 e. The highest BCUT2D eigenvalue weighted by Gasteiger charge is 2.20. The second-order valence-electron chi connectivity index (χ2n) is 2.85. The van der Waals surface area contributed by atoms with Gasteiger partial charge in [-0.3, -0.25) is 10.2 Å². The van der Waals surface area contributed by atoms with Crippen molar-refractivity contribution < 1.29 is 4.48 Å². The normalized spacial score (nSPS) is 30.8. The van der Waals surface area contributed by atoms with E-state index >= 15 is 0 Å². The van der Waals surface area contributed by atoms with Crippen LogP contribution in [0.5, 0.6) is 0 Å². The third-order valence-electron chi connectivity index (χ3n) is 1.66. The van der Waals surface area contributed by atoms with Crippen molar-refractivity contribution >= 4 is 0 Å². The molecule has 2 heteroatoms. The van der Waals surface area contributed by atoms with Gasteiger partial charge in [-0.1, -0.05) is 6.08 Å². The molecule has 2 nitrogen and oxygen atoms in total. The van der Waals surface area contributed by atoms with Crippen molar-refractivity contribution in [3.05, 3.63) is 24.4 Å². The average Bonchev–Trinajstić information content (AvgIpc) is 1.77. The van der Waals surface area contributed by atoms with Gasteiger partial charge in [0.05, 0.1) is 20.3 Å². The summed E-state index contributed by atoms with van der Waals surface area (Å²) in [6.07, 6.45) is 8.19. The van der Waals surface area contributed by atoms with Crippen LogP contribution in [0.15, 0.2) is 24.4 Å². The first-order valence-corrected chi connectivity index (χ1v) is 3.08. The van der Waals surface area contributed by atoms with Gasteiger partial charge in [0.25, 0.3) is 0 Å². The average molecular weight is 125 g/mol. The lowest BCUT2D eigenvalue weighted by Gasteiger charge is -2.31. The minimum Gasteiger partial charge on any atom is -0.284 e. The summed E-state index contributed by atoms with van der Waals surface area (Å²) in [6.45, 7) is 0. The van der Waals surface area contributed by atoms with Crippen molar-refractivity contribution in [2.24, 2.45) is 5.73 Å². The Kier molecular flexibility index (Phi) is 1.43. The van der Waals surface area contributed by atoms with Crippen LogP contribution >= 0.6 is 0 Å². The monoisotopic (exact) mass is 125 g/mol. The number of rotatable bonds is 0. The molecule has 50 valence electrons. The highest BCUT2D eigenvalue weighted by molar-refractivity contribution is 5.05. The molecule has 0 bridgehead atoms. The Balaban J connectivity index is 2.78. The molecule has 1 atom stereocenters. The maximum atomic E-state index is 5.75. The zero-order chi connectivity index (χ0) is 6.91. The van der Waals surface area contributed by atoms with E-state index in [1.54, 1.807) is 0 Å². The van der Waals surface area contributed by atoms with Crippen LogP contribution in [0.2, 0.25) is 0 Å². The van der Waals surface area contributed by atoms with Gasteiger partial charge in [-0.25, -0.2) is 0 Å². The van der Waals surface area contributed by atoms with Crippen LogP contribution in [0.3, 0.4) is 0 Å². The number of quaternary nitrogens is 1. The van der Waals surface area contributed by atoms with Crippen LogP contribution in [0.1, 0.15) is 0 Å². The molecule has 0 aliphatic carbocycles. The predicted octanol–water partition coefficient (Wildman–Crippen LogP) is 0.431. The van der Waals surface area contributed by atoms with Crippen LogP contribution < -0.4 is 5.73 Å². The summed E-state index contributed by atoms with van der Waals surface area (Å²) in [7, 11) is 4.15. The van der Waals surface area contributed by atoms with E-state index in [1.165, 1.54) is 0 Å². The van der Waals surface area contributed by atoms with Crippen molar-refractivity contribution in [2.45, 2.75) is 6.17 Å². The standard InChI is InChI=1S/C7H13N2/c1-9(2)6-4-3-5-7(9)8/h3-7H,8H2,1-2H3/q+1. The van der Waals surface area contributed by atoms with Crippen LogP contribution in [0.4, 0.5) is 0 Å². The lowest BCUT2D eigenvalue weighted by molar-refractivity contribution is -0.858. The lowest BCUT2D eigenvalue weighted by atomic mass is 10.3. The molecule has 0 aromatic rings. The van der Waals surface area contributed by atoms with E-state index in [0.29, 0.717) is 0 Å². The van der Waals surface area contributed by atoms with Crippen molar-refractivity contribution in [1.29, 1.82) is 0 Å². The number of hydrogen-bond acceptors (Lipinski definition) is 1. The maximum absolute atomic E-state index is 5.75. The van der Waals surface area contributed by atoms with Gasteiger partial charge < -0.3 is 0 Å². The zero-order valence-electron chi connectivity index (χ0n) is 5.91. The van der Waals surface area contributed by atoms with Gasteiger partial charge in [0.1, 0.15) is 0 Å². The number of likely N-dealkylation sites (N-methyl/N-ethyl adjacent to an activating group) is 1. The Morgan fingerprint density at radius 1 is 1.33 bits per heavy atom. The largest absolute Gasteiger partial charge is 0.284 e. The summed E-state index contributed by atoms with van der Waals surface area (Å²) >= 11 is 0. The minimum atomic E-state index is 0.120. The molecule has 9 heavy (non-hydrogen) atoms. The fourth-order valence-corrected chi connectivity index (χ4v) is 0.771. The van der Waals surface area contributed by atoms with E-state index in [1.807, 2.05) is 18.2 Å². The van der Waals surface area contributed by atoms with Gasteiger partial charge >= 0.3 is 0 Å². The molecule has 1 aliphatic rings. The molecule has 0 radical (unpaired) electrons. The van der Waals surface area contributed by atoms with Crippen LogP contribution in [-0.2, 0) is 0 Å². The van der Waals surface area contributed by atoms with E-state index < -0.39 is 0 Å². The summed E-state index contributed by atoms with van der Waals surface area (Å²) in [5.41, 5.74) is 5.75. The molecule has 0 amide bonds. The molecule has 0 fully saturated rings. The van der Waals surface area contributed by atoms with E-state index in [2.05, 4.69) is 20.3 Å². The second kappa shape index (κ2) is 1.97. The van der Waals surface area contributed by atoms with Crippen LogP contribution in [-0.4, -0.2) is 24.7 Å². The summed E-state index contributed by atoms with van der Waals surface area (Å²) in [4.78, 5) is 0. The molecule has 2 N–H and O–H groups in total. The molecule has 1 rings (SSSR count). The van der Waals surface area contributed by atoms with Crippen LogP contribution in [0, 0.1) is 0 Å². The molecular formula is C7H13N2+. The summed E-state index contributed by atoms with van der Waals surface area (Å²) < 4.78 is 0.747. The van der Waals surface area contributed by atoms with Crippen molar-refractivity contribution in [3.63, 3.8) is 0 Å². The van der Waals surface area contributed by atoms with Gasteiger partial charge in [-0.2, -0.15) is 0 Å². The van der Waals surface area contributed by atoms with Gasteiger partial charge in [0, 0.05) is 0 Å². The molecule has 0 saturated heterocycles. The smallest absolute Gasteiger partial charge is 0.163 e. The summed E-state index contributed by atoms with van der Waals surface area (Å²) in [6, 6.07) is 0. The quantitative estimate of drug-likeness (QED) is 0.467. The molecule has 1 aliphatic heterocycles. The molecule has 0 aromatic carbocycles. The highest BCUT2D eigenvalue weighted by Crippen LogP contribution is 2.08. The number of hydrogen-bond donors (Lipinski definition) is 1. The third-order valence-corrected chi connectivity index (χ3v) is 1.66. The Bertz CT molecular complexity index is 156. The van der Waals surface area contributed by atoms with Gasteiger partial charge in [0.15, 0.2) is 6.17 Å². The first-order valence-electron chi connectivity index (χ1n) is 3.08. The number of nitrogens with zero attached hydrogens (tertiary/aromatic N) is 1. The molecule has 1 heterocycles. The number of allylic oxidation sites excluding steroid dienone is 2. The Morgan fingerprint density at radius 3 is 2.33 bits per heavy atom. The van der Waals surface area contributed by atoms with Crippen LogP contribution in [0.25, 0.3) is 0 Å². The van der Waals surface area contributed by atoms with Crippen molar-refractivity contribution in [2.75, 3.05) is 14.1 Å². The Morgan fingerprint density at radius 2 is 2.00 bits per heavy atom. The Labute approximate surface area is 55.9 Å². The minimum absolute atomic E-state index is 0.120. The van der Waals surface area contributed by atoms with E-state index in [4.69, 9.17) is 5.73 Å². The fourth-order valence-electron chi connectivity index (χ4n) is 0.771. The Hall–Kier alpha value is -0.600. The molecule has 1 unspecified atom stereocenters. The summed E-state index contributed by atoms with van der Waals surface area (Å²) in [5.74, 6) is 0. The van der Waals surface area contributed by atoms with E-state index in [9.17, 15) is 0 Å². The third kappa shape index (κ3) is 1.20. The van der Waals surface area contributed by atoms with E-state index in [0.717, 1.165) is 4.48 Å². The van der Waals surface area contributed by atoms with Gasteiger partial charge in [-0.15, -0.1) is 0 Å². The number of nitrogens with two attached hydrogens (primary N) is 1. The molecular weight excluding hydrogens is 112 g/mol. The molecule has 0 aromatic heterocycles. The predicted molar refractivity (Wildman–Crippen MR) is 38.4 cm³/mol. The van der Waals surface area contributed by atoms with Crippen molar-refractivity contribution in [3.8, 4) is 0 Å². The van der Waals surface area contributed by atoms with Crippen molar-refractivity contribution in [1.82, 2.24) is 0 Å². The first-order chi connectivity index (χ1) is 4.13. The fraction of sp³-hybridized carbons (Fsp3) is 0.429. The zero-order valence-corrected chi connectivity index (χ0v) is 5.91. The molecule has 0 saturated carbocycles.